The second kappa shape index (κ2) is 9.00. The number of carbonyl (C=O) groups is 3. The van der Waals surface area contributed by atoms with Crippen molar-refractivity contribution < 1.29 is 37.7 Å². The van der Waals surface area contributed by atoms with Crippen molar-refractivity contribution in [3.05, 3.63) is 0 Å². The largest absolute Gasteiger partial charge is 0.479 e. The highest BCUT2D eigenvalue weighted by Crippen LogP contribution is 2.23. The molecule has 0 spiro atoms. The van der Waals surface area contributed by atoms with Gasteiger partial charge in [-0.15, -0.1) is 0 Å². The lowest BCUT2D eigenvalue weighted by Gasteiger charge is -2.31. The molecule has 1 atom stereocenters. The molecule has 0 aliphatic heterocycles. The van der Waals surface area contributed by atoms with Crippen molar-refractivity contribution in [3.8, 4) is 0 Å². The van der Waals surface area contributed by atoms with Gasteiger partial charge in [0.2, 0.25) is 5.54 Å². The zero-order valence-electron chi connectivity index (χ0n) is 15.9. The molecule has 10 heteroatoms. The maximum Gasteiger partial charge on any atom is 0.408 e. The van der Waals surface area contributed by atoms with E-state index >= 15 is 0 Å². The van der Waals surface area contributed by atoms with Crippen LogP contribution in [0.1, 0.15) is 54.4 Å². The first kappa shape index (κ1) is 23.9. The van der Waals surface area contributed by atoms with Crippen LogP contribution in [0.15, 0.2) is 0 Å². The molecular weight excluding hydrogens is 354 g/mol. The molecular formula is C16H28F2N2O6. The highest BCUT2D eigenvalue weighted by atomic mass is 19.3. The molecule has 8 nitrogen and oxygen atoms in total. The summed E-state index contributed by atoms with van der Waals surface area (Å²) in [5, 5.41) is 13.3. The highest BCUT2D eigenvalue weighted by molar-refractivity contribution is 5.85. The Kier molecular flexibility index (Phi) is 8.26. The Morgan fingerprint density at radius 1 is 0.962 bits per heavy atom. The van der Waals surface area contributed by atoms with Crippen LogP contribution < -0.4 is 10.6 Å². The zero-order valence-corrected chi connectivity index (χ0v) is 15.9. The molecule has 1 unspecified atom stereocenters. The number of carboxylic acids is 1. The van der Waals surface area contributed by atoms with Crippen molar-refractivity contribution in [2.24, 2.45) is 0 Å². The van der Waals surface area contributed by atoms with E-state index in [1.165, 1.54) is 20.8 Å². The summed E-state index contributed by atoms with van der Waals surface area (Å²) >= 11 is 0. The Morgan fingerprint density at radius 2 is 1.42 bits per heavy atom. The number of alkyl carbamates (subject to hydrolysis) is 2. The van der Waals surface area contributed by atoms with E-state index in [0.717, 1.165) is 0 Å². The Labute approximate surface area is 151 Å². The topological polar surface area (TPSA) is 114 Å². The van der Waals surface area contributed by atoms with Gasteiger partial charge in [0.25, 0.3) is 6.43 Å². The van der Waals surface area contributed by atoms with Crippen molar-refractivity contribution in [3.63, 3.8) is 0 Å². The van der Waals surface area contributed by atoms with Crippen LogP contribution in [0.2, 0.25) is 0 Å². The summed E-state index contributed by atoms with van der Waals surface area (Å²) in [5.41, 5.74) is -4.52. The van der Waals surface area contributed by atoms with E-state index in [4.69, 9.17) is 9.47 Å². The minimum Gasteiger partial charge on any atom is -0.479 e. The van der Waals surface area contributed by atoms with Gasteiger partial charge < -0.3 is 25.2 Å². The van der Waals surface area contributed by atoms with Gasteiger partial charge in [-0.1, -0.05) is 0 Å². The van der Waals surface area contributed by atoms with Gasteiger partial charge in [0.1, 0.15) is 11.2 Å². The van der Waals surface area contributed by atoms with Gasteiger partial charge in [-0.3, -0.25) is 0 Å². The van der Waals surface area contributed by atoms with Crippen molar-refractivity contribution >= 4 is 18.2 Å². The monoisotopic (exact) mass is 382 g/mol. The molecule has 152 valence electrons. The number of carboxylic acid groups (broad SMARTS) is 1. The number of nitrogens with one attached hydrogen (secondary N) is 2. The Balaban J connectivity index is 4.88. The fourth-order valence-electron chi connectivity index (χ4n) is 1.84. The van der Waals surface area contributed by atoms with Crippen molar-refractivity contribution in [2.45, 2.75) is 77.6 Å². The van der Waals surface area contributed by atoms with E-state index in [-0.39, 0.29) is 13.0 Å². The number of hydrogen-bond donors (Lipinski definition) is 3. The van der Waals surface area contributed by atoms with E-state index < -0.39 is 47.7 Å². The van der Waals surface area contributed by atoms with E-state index in [1.54, 1.807) is 26.1 Å². The molecule has 0 aromatic heterocycles. The Morgan fingerprint density at radius 3 is 1.81 bits per heavy atom. The third-order valence-corrected chi connectivity index (χ3v) is 2.89. The van der Waals surface area contributed by atoms with E-state index in [2.05, 4.69) is 5.32 Å². The van der Waals surface area contributed by atoms with Crippen LogP contribution in [0.3, 0.4) is 0 Å². The first-order chi connectivity index (χ1) is 11.6. The Bertz CT molecular complexity index is 514. The maximum atomic E-state index is 13.4. The third-order valence-electron chi connectivity index (χ3n) is 2.89. The summed E-state index contributed by atoms with van der Waals surface area (Å²) in [5.74, 6) is -1.89. The minimum atomic E-state index is -3.38. The summed E-state index contributed by atoms with van der Waals surface area (Å²) in [6, 6.07) is 0. The Hall–Kier alpha value is -2.13. The number of alkyl halides is 2. The standard InChI is InChI=1S/C16H28F2N2O6/c1-14(2,3)25-12(23)19-9-7-8-16(10(17)18,11(21)22)20-13(24)26-15(4,5)6/h10H,7-9H2,1-6H3,(H,19,23)(H,20,24)(H,21,22). The lowest BCUT2D eigenvalue weighted by Crippen LogP contribution is -2.60. The number of aliphatic carboxylic acids is 1. The number of rotatable bonds is 7. The van der Waals surface area contributed by atoms with E-state index in [0.29, 0.717) is 0 Å². The second-order valence-corrected chi connectivity index (χ2v) is 7.74. The van der Waals surface area contributed by atoms with Gasteiger partial charge in [-0.25, -0.2) is 23.2 Å². The van der Waals surface area contributed by atoms with E-state index in [1.807, 2.05) is 0 Å². The SMILES string of the molecule is CC(C)(C)OC(=O)NCCCC(NC(=O)OC(C)(C)C)(C(=O)O)C(F)F. The summed E-state index contributed by atoms with van der Waals surface area (Å²) in [6.07, 6.45) is -6.15. The fourth-order valence-corrected chi connectivity index (χ4v) is 1.84. The molecule has 0 bridgehead atoms. The predicted octanol–water partition coefficient (Wildman–Crippen LogP) is 2.90. The number of hydrogen-bond acceptors (Lipinski definition) is 5. The molecule has 0 heterocycles. The summed E-state index contributed by atoms with van der Waals surface area (Å²) in [7, 11) is 0. The summed E-state index contributed by atoms with van der Waals surface area (Å²) in [4.78, 5) is 34.7. The predicted molar refractivity (Wildman–Crippen MR) is 89.2 cm³/mol. The number of ether oxygens (including phenoxy) is 2. The summed E-state index contributed by atoms with van der Waals surface area (Å²) in [6.45, 7) is 9.41. The average Bonchev–Trinajstić information content (AvgIpc) is 2.37. The molecule has 0 saturated heterocycles. The highest BCUT2D eigenvalue weighted by Gasteiger charge is 2.49. The van der Waals surface area contributed by atoms with Gasteiger partial charge in [-0.05, 0) is 54.4 Å². The molecule has 0 aliphatic rings. The third kappa shape index (κ3) is 8.82. The molecule has 26 heavy (non-hydrogen) atoms. The van der Waals surface area contributed by atoms with Gasteiger partial charge in [0, 0.05) is 6.54 Å². The van der Waals surface area contributed by atoms with Crippen molar-refractivity contribution in [2.75, 3.05) is 6.54 Å². The van der Waals surface area contributed by atoms with Crippen LogP contribution in [-0.2, 0) is 14.3 Å². The van der Waals surface area contributed by atoms with Crippen LogP contribution in [0.25, 0.3) is 0 Å². The molecule has 0 radical (unpaired) electrons. The number of halogens is 2. The first-order valence-corrected chi connectivity index (χ1v) is 8.08. The van der Waals surface area contributed by atoms with Crippen LogP contribution in [0.5, 0.6) is 0 Å². The molecule has 2 amide bonds. The zero-order chi connectivity index (χ0) is 20.8. The number of amides is 2. The minimum absolute atomic E-state index is 0.105. The molecule has 0 rings (SSSR count). The van der Waals surface area contributed by atoms with Gasteiger partial charge >= 0.3 is 18.2 Å². The average molecular weight is 382 g/mol. The maximum absolute atomic E-state index is 13.4. The van der Waals surface area contributed by atoms with Crippen LogP contribution >= 0.6 is 0 Å². The van der Waals surface area contributed by atoms with Gasteiger partial charge in [0.15, 0.2) is 0 Å². The van der Waals surface area contributed by atoms with Crippen LogP contribution in [0, 0.1) is 0 Å². The number of carbonyl (C=O) groups excluding carboxylic acids is 2. The fraction of sp³-hybridized carbons (Fsp3) is 0.812. The van der Waals surface area contributed by atoms with Crippen LogP contribution in [-0.4, -0.2) is 53.0 Å². The quantitative estimate of drug-likeness (QED) is 0.584. The molecule has 0 saturated carbocycles. The second-order valence-electron chi connectivity index (χ2n) is 7.74. The van der Waals surface area contributed by atoms with Crippen molar-refractivity contribution in [1.29, 1.82) is 0 Å². The van der Waals surface area contributed by atoms with Crippen LogP contribution in [0.4, 0.5) is 18.4 Å². The van der Waals surface area contributed by atoms with Crippen molar-refractivity contribution in [1.82, 2.24) is 10.6 Å². The lowest BCUT2D eigenvalue weighted by atomic mass is 9.94. The lowest BCUT2D eigenvalue weighted by molar-refractivity contribution is -0.152. The molecule has 3 N–H and O–H groups in total. The molecule has 0 aromatic rings. The molecule has 0 aromatic carbocycles. The molecule has 0 aliphatic carbocycles. The van der Waals surface area contributed by atoms with Gasteiger partial charge in [0.05, 0.1) is 0 Å². The first-order valence-electron chi connectivity index (χ1n) is 8.08. The van der Waals surface area contributed by atoms with E-state index in [9.17, 15) is 28.3 Å². The van der Waals surface area contributed by atoms with Gasteiger partial charge in [-0.2, -0.15) is 0 Å². The summed E-state index contributed by atoms with van der Waals surface area (Å²) < 4.78 is 36.7. The smallest absolute Gasteiger partial charge is 0.408 e. The molecule has 0 fully saturated rings. The normalized spacial score (nSPS) is 14.3.